The molecule has 1 aliphatic heterocycles. The summed E-state index contributed by atoms with van der Waals surface area (Å²) in [7, 11) is 0. The van der Waals surface area contributed by atoms with Crippen LogP contribution < -0.4 is 0 Å². The van der Waals surface area contributed by atoms with E-state index in [1.807, 2.05) is 35.2 Å². The van der Waals surface area contributed by atoms with Gasteiger partial charge in [0.1, 0.15) is 0 Å². The van der Waals surface area contributed by atoms with Crippen molar-refractivity contribution in [1.29, 1.82) is 0 Å². The Balaban J connectivity index is 2.07. The minimum Gasteiger partial charge on any atom is -0.481 e. The van der Waals surface area contributed by atoms with Gasteiger partial charge in [-0.15, -0.1) is 0 Å². The Kier molecular flexibility index (Phi) is 5.37. The predicted molar refractivity (Wildman–Crippen MR) is 81.1 cm³/mol. The number of amides is 1. The van der Waals surface area contributed by atoms with Gasteiger partial charge < -0.3 is 10.0 Å². The average Bonchev–Trinajstić information content (AvgIpc) is 2.47. The SMILES string of the molecule is C[C@H]1CCCCN1C(=O)C[C@@H](CC(=O)O)c1ccccc1. The third-order valence-electron chi connectivity index (χ3n) is 4.24. The molecule has 2 atom stereocenters. The molecule has 4 nitrogen and oxygen atoms in total. The summed E-state index contributed by atoms with van der Waals surface area (Å²) in [6.45, 7) is 2.88. The van der Waals surface area contributed by atoms with Crippen molar-refractivity contribution in [3.05, 3.63) is 35.9 Å². The van der Waals surface area contributed by atoms with Gasteiger partial charge in [-0.3, -0.25) is 9.59 Å². The van der Waals surface area contributed by atoms with Crippen LogP contribution in [0.25, 0.3) is 0 Å². The summed E-state index contributed by atoms with van der Waals surface area (Å²) >= 11 is 0. The molecule has 114 valence electrons. The minimum absolute atomic E-state index is 0.00201. The first-order chi connectivity index (χ1) is 10.1. The monoisotopic (exact) mass is 289 g/mol. The minimum atomic E-state index is -0.858. The molecule has 0 aliphatic carbocycles. The van der Waals surface area contributed by atoms with Crippen molar-refractivity contribution in [2.75, 3.05) is 6.54 Å². The molecular weight excluding hydrogens is 266 g/mol. The van der Waals surface area contributed by atoms with E-state index >= 15 is 0 Å². The number of nitrogens with zero attached hydrogens (tertiary/aromatic N) is 1. The molecule has 0 aromatic heterocycles. The number of hydrogen-bond donors (Lipinski definition) is 1. The predicted octanol–water partition coefficient (Wildman–Crippen LogP) is 3.04. The summed E-state index contributed by atoms with van der Waals surface area (Å²) in [6, 6.07) is 9.75. The van der Waals surface area contributed by atoms with E-state index in [4.69, 9.17) is 5.11 Å². The number of carbonyl (C=O) groups excluding carboxylic acids is 1. The molecule has 0 radical (unpaired) electrons. The Hall–Kier alpha value is -1.84. The van der Waals surface area contributed by atoms with Gasteiger partial charge in [0.15, 0.2) is 0 Å². The fourth-order valence-electron chi connectivity index (χ4n) is 3.04. The molecule has 1 amide bonds. The summed E-state index contributed by atoms with van der Waals surface area (Å²) in [4.78, 5) is 25.5. The van der Waals surface area contributed by atoms with E-state index in [2.05, 4.69) is 6.92 Å². The van der Waals surface area contributed by atoms with Crippen LogP contribution in [0.4, 0.5) is 0 Å². The van der Waals surface area contributed by atoms with Crippen LogP contribution >= 0.6 is 0 Å². The van der Waals surface area contributed by atoms with Gasteiger partial charge in [0.05, 0.1) is 6.42 Å². The molecule has 0 spiro atoms. The van der Waals surface area contributed by atoms with E-state index < -0.39 is 5.97 Å². The fourth-order valence-corrected chi connectivity index (χ4v) is 3.04. The largest absolute Gasteiger partial charge is 0.481 e. The van der Waals surface area contributed by atoms with Gasteiger partial charge in [-0.25, -0.2) is 0 Å². The lowest BCUT2D eigenvalue weighted by Gasteiger charge is -2.34. The van der Waals surface area contributed by atoms with Gasteiger partial charge >= 0.3 is 5.97 Å². The zero-order chi connectivity index (χ0) is 15.2. The Morgan fingerprint density at radius 2 is 1.95 bits per heavy atom. The van der Waals surface area contributed by atoms with Crippen LogP contribution in [0.5, 0.6) is 0 Å². The Morgan fingerprint density at radius 1 is 1.24 bits per heavy atom. The van der Waals surface area contributed by atoms with Gasteiger partial charge in [0.2, 0.25) is 5.91 Å². The van der Waals surface area contributed by atoms with Crippen LogP contribution in [0.3, 0.4) is 0 Å². The van der Waals surface area contributed by atoms with E-state index in [0.717, 1.165) is 24.9 Å². The number of hydrogen-bond acceptors (Lipinski definition) is 2. The van der Waals surface area contributed by atoms with Crippen molar-refractivity contribution in [1.82, 2.24) is 4.90 Å². The summed E-state index contributed by atoms with van der Waals surface area (Å²) in [5, 5.41) is 9.10. The van der Waals surface area contributed by atoms with Crippen LogP contribution in [-0.4, -0.2) is 34.5 Å². The zero-order valence-corrected chi connectivity index (χ0v) is 12.5. The Labute approximate surface area is 125 Å². The molecule has 1 N–H and O–H groups in total. The molecule has 1 aromatic rings. The lowest BCUT2D eigenvalue weighted by Crippen LogP contribution is -2.42. The second-order valence-corrected chi connectivity index (χ2v) is 5.84. The number of aliphatic carboxylic acids is 1. The van der Waals surface area contributed by atoms with Crippen molar-refractivity contribution >= 4 is 11.9 Å². The van der Waals surface area contributed by atoms with Crippen LogP contribution in [0, 0.1) is 0 Å². The van der Waals surface area contributed by atoms with Crippen LogP contribution in [0.1, 0.15) is 50.5 Å². The van der Waals surface area contributed by atoms with Crippen molar-refractivity contribution in [2.24, 2.45) is 0 Å². The summed E-state index contributed by atoms with van der Waals surface area (Å²) in [5.74, 6) is -1.02. The fraction of sp³-hybridized carbons (Fsp3) is 0.529. The standard InChI is InChI=1S/C17H23NO3/c1-13-7-5-6-10-18(13)16(19)11-15(12-17(20)21)14-8-3-2-4-9-14/h2-4,8-9,13,15H,5-7,10-12H2,1H3,(H,20,21)/t13-,15-/m0/s1. The van der Waals surface area contributed by atoms with Gasteiger partial charge in [0.25, 0.3) is 0 Å². The highest BCUT2D eigenvalue weighted by molar-refractivity contribution is 5.79. The zero-order valence-electron chi connectivity index (χ0n) is 12.5. The first-order valence-electron chi connectivity index (χ1n) is 7.64. The highest BCUT2D eigenvalue weighted by atomic mass is 16.4. The smallest absolute Gasteiger partial charge is 0.303 e. The van der Waals surface area contributed by atoms with Crippen molar-refractivity contribution < 1.29 is 14.7 Å². The lowest BCUT2D eigenvalue weighted by molar-refractivity contribution is -0.138. The number of carboxylic acids is 1. The molecule has 1 saturated heterocycles. The molecule has 1 aliphatic rings. The maximum atomic E-state index is 12.5. The molecule has 2 rings (SSSR count). The molecular formula is C17H23NO3. The van der Waals surface area contributed by atoms with Gasteiger partial charge in [-0.05, 0) is 31.7 Å². The van der Waals surface area contributed by atoms with E-state index in [9.17, 15) is 9.59 Å². The molecule has 0 unspecified atom stereocenters. The van der Waals surface area contributed by atoms with E-state index in [1.54, 1.807) is 0 Å². The molecule has 4 heteroatoms. The number of benzene rings is 1. The summed E-state index contributed by atoms with van der Waals surface area (Å²) in [6.07, 6.45) is 3.53. The number of rotatable bonds is 5. The van der Waals surface area contributed by atoms with Crippen molar-refractivity contribution in [3.8, 4) is 0 Å². The highest BCUT2D eigenvalue weighted by Gasteiger charge is 2.27. The van der Waals surface area contributed by atoms with Gasteiger partial charge in [-0.2, -0.15) is 0 Å². The second kappa shape index (κ2) is 7.25. The number of carbonyl (C=O) groups is 2. The maximum absolute atomic E-state index is 12.5. The third kappa shape index (κ3) is 4.31. The lowest BCUT2D eigenvalue weighted by atomic mass is 9.91. The molecule has 1 heterocycles. The topological polar surface area (TPSA) is 57.6 Å². The van der Waals surface area contributed by atoms with Gasteiger partial charge in [-0.1, -0.05) is 30.3 Å². The van der Waals surface area contributed by atoms with Crippen LogP contribution in [0.2, 0.25) is 0 Å². The second-order valence-electron chi connectivity index (χ2n) is 5.84. The first-order valence-corrected chi connectivity index (χ1v) is 7.64. The van der Waals surface area contributed by atoms with E-state index in [-0.39, 0.29) is 30.7 Å². The summed E-state index contributed by atoms with van der Waals surface area (Å²) in [5.41, 5.74) is 0.929. The van der Waals surface area contributed by atoms with Gasteiger partial charge in [0, 0.05) is 24.9 Å². The van der Waals surface area contributed by atoms with Crippen LogP contribution in [-0.2, 0) is 9.59 Å². The van der Waals surface area contributed by atoms with Crippen LogP contribution in [0.15, 0.2) is 30.3 Å². The molecule has 0 bridgehead atoms. The molecule has 1 fully saturated rings. The molecule has 0 saturated carbocycles. The summed E-state index contributed by atoms with van der Waals surface area (Å²) < 4.78 is 0. The highest BCUT2D eigenvalue weighted by Crippen LogP contribution is 2.26. The van der Waals surface area contributed by atoms with E-state index in [1.165, 1.54) is 6.42 Å². The Bertz CT molecular complexity index is 486. The maximum Gasteiger partial charge on any atom is 0.303 e. The van der Waals surface area contributed by atoms with Crippen molar-refractivity contribution in [3.63, 3.8) is 0 Å². The first kappa shape index (κ1) is 15.5. The van der Waals surface area contributed by atoms with Crippen molar-refractivity contribution in [2.45, 2.75) is 51.0 Å². The Morgan fingerprint density at radius 3 is 2.57 bits per heavy atom. The molecule has 21 heavy (non-hydrogen) atoms. The quantitative estimate of drug-likeness (QED) is 0.906. The van der Waals surface area contributed by atoms with E-state index in [0.29, 0.717) is 0 Å². The number of piperidine rings is 1. The number of carboxylic acid groups (broad SMARTS) is 1. The third-order valence-corrected chi connectivity index (χ3v) is 4.24. The average molecular weight is 289 g/mol. The normalized spacial score (nSPS) is 20.0. The molecule has 1 aromatic carbocycles. The number of likely N-dealkylation sites (tertiary alicyclic amines) is 1.